The topological polar surface area (TPSA) is 65.4 Å². The summed E-state index contributed by atoms with van der Waals surface area (Å²) in [5.74, 6) is 1.85. The van der Waals surface area contributed by atoms with Gasteiger partial charge in [0, 0.05) is 41.0 Å². The van der Waals surface area contributed by atoms with Crippen LogP contribution in [0.2, 0.25) is 0 Å². The summed E-state index contributed by atoms with van der Waals surface area (Å²) in [5, 5.41) is 5.98. The molecular formula is C22H21N3O3S. The first kappa shape index (κ1) is 19.0. The lowest BCUT2D eigenvalue weighted by atomic mass is 10.0. The molecule has 2 heterocycles. The highest BCUT2D eigenvalue weighted by Gasteiger charge is 2.24. The lowest BCUT2D eigenvalue weighted by Gasteiger charge is -2.20. The van der Waals surface area contributed by atoms with Crippen molar-refractivity contribution >= 4 is 27.3 Å². The van der Waals surface area contributed by atoms with E-state index in [4.69, 9.17) is 9.47 Å². The van der Waals surface area contributed by atoms with Gasteiger partial charge in [0.25, 0.3) is 5.91 Å². The Labute approximate surface area is 172 Å². The fourth-order valence-electron chi connectivity index (χ4n) is 3.31. The summed E-state index contributed by atoms with van der Waals surface area (Å²) < 4.78 is 13.8. The first-order chi connectivity index (χ1) is 14.1. The molecule has 0 spiro atoms. The molecule has 0 aliphatic carbocycles. The summed E-state index contributed by atoms with van der Waals surface area (Å²) in [6.45, 7) is 0. The smallest absolute Gasteiger partial charge is 0.253 e. The maximum Gasteiger partial charge on any atom is 0.253 e. The molecule has 0 saturated carbocycles. The number of imidazole rings is 1. The van der Waals surface area contributed by atoms with E-state index >= 15 is 0 Å². The molecule has 0 aliphatic rings. The minimum Gasteiger partial charge on any atom is -0.497 e. The Kier molecular flexibility index (Phi) is 5.22. The third-order valence-corrected chi connectivity index (χ3v) is 5.79. The quantitative estimate of drug-likeness (QED) is 0.521. The van der Waals surface area contributed by atoms with Crippen LogP contribution >= 0.6 is 11.3 Å². The number of hydrogen-bond acceptors (Lipinski definition) is 5. The van der Waals surface area contributed by atoms with E-state index in [1.165, 1.54) is 0 Å². The number of carbonyl (C=O) groups excluding carboxylic acids is 1. The Bertz CT molecular complexity index is 1140. The molecule has 148 valence electrons. The number of carbonyl (C=O) groups is 1. The van der Waals surface area contributed by atoms with E-state index in [-0.39, 0.29) is 5.91 Å². The minimum absolute atomic E-state index is 0.155. The van der Waals surface area contributed by atoms with Crippen LogP contribution < -0.4 is 14.8 Å². The average molecular weight is 407 g/mol. The second-order valence-electron chi connectivity index (χ2n) is 6.59. The Morgan fingerprint density at radius 2 is 1.86 bits per heavy atom. The fraction of sp³-hybridized carbons (Fsp3) is 0.182. The predicted molar refractivity (Wildman–Crippen MR) is 114 cm³/mol. The molecule has 1 N–H and O–H groups in total. The third kappa shape index (κ3) is 3.69. The monoisotopic (exact) mass is 407 g/mol. The zero-order valence-corrected chi connectivity index (χ0v) is 17.2. The highest BCUT2D eigenvalue weighted by molar-refractivity contribution is 7.17. The maximum atomic E-state index is 13.2. The number of hydrogen-bond donors (Lipinski definition) is 1. The zero-order valence-electron chi connectivity index (χ0n) is 16.4. The van der Waals surface area contributed by atoms with Crippen molar-refractivity contribution in [1.82, 2.24) is 14.9 Å². The number of aryl methyl sites for hydroxylation is 1. The molecule has 7 heteroatoms. The van der Waals surface area contributed by atoms with Gasteiger partial charge in [0.2, 0.25) is 0 Å². The van der Waals surface area contributed by atoms with Crippen LogP contribution in [0, 0.1) is 0 Å². The van der Waals surface area contributed by atoms with E-state index in [1.807, 2.05) is 59.6 Å². The number of ether oxygens (including phenoxy) is 2. The number of amides is 1. The molecule has 0 saturated heterocycles. The first-order valence-electron chi connectivity index (χ1n) is 9.08. The van der Waals surface area contributed by atoms with Crippen molar-refractivity contribution in [2.24, 2.45) is 7.05 Å². The van der Waals surface area contributed by atoms with Gasteiger partial charge in [0.1, 0.15) is 23.4 Å². The van der Waals surface area contributed by atoms with E-state index in [0.29, 0.717) is 22.9 Å². The number of nitrogens with one attached hydrogen (secondary N) is 1. The molecule has 1 atom stereocenters. The number of fused-ring (bicyclic) bond motifs is 1. The third-order valence-electron chi connectivity index (χ3n) is 4.82. The van der Waals surface area contributed by atoms with Gasteiger partial charge in [-0.1, -0.05) is 18.2 Å². The molecule has 0 fully saturated rings. The summed E-state index contributed by atoms with van der Waals surface area (Å²) in [6.07, 6.45) is 3.57. The number of nitrogens with zero attached hydrogens (tertiary/aromatic N) is 2. The SMILES string of the molecule is COc1cc(OC)cc(C(NC(=O)c2csc3ccccc23)c2nccn2C)c1. The van der Waals surface area contributed by atoms with Crippen LogP contribution in [0.15, 0.2) is 60.2 Å². The average Bonchev–Trinajstić information content (AvgIpc) is 3.37. The van der Waals surface area contributed by atoms with Gasteiger partial charge in [0.15, 0.2) is 0 Å². The van der Waals surface area contributed by atoms with Crippen LogP contribution in [0.25, 0.3) is 10.1 Å². The van der Waals surface area contributed by atoms with Gasteiger partial charge in [-0.15, -0.1) is 11.3 Å². The van der Waals surface area contributed by atoms with Crippen LogP contribution in [0.1, 0.15) is 27.8 Å². The lowest BCUT2D eigenvalue weighted by Crippen LogP contribution is -2.31. The van der Waals surface area contributed by atoms with E-state index in [2.05, 4.69) is 10.3 Å². The van der Waals surface area contributed by atoms with Crippen molar-refractivity contribution in [3.63, 3.8) is 0 Å². The molecule has 4 aromatic rings. The molecule has 29 heavy (non-hydrogen) atoms. The van der Waals surface area contributed by atoms with E-state index in [0.717, 1.165) is 15.6 Å². The largest absolute Gasteiger partial charge is 0.497 e. The molecule has 1 amide bonds. The van der Waals surface area contributed by atoms with Crippen LogP contribution in [0.3, 0.4) is 0 Å². The van der Waals surface area contributed by atoms with Crippen molar-refractivity contribution in [2.75, 3.05) is 14.2 Å². The van der Waals surface area contributed by atoms with Crippen molar-refractivity contribution in [3.05, 3.63) is 77.2 Å². The van der Waals surface area contributed by atoms with Gasteiger partial charge >= 0.3 is 0 Å². The van der Waals surface area contributed by atoms with E-state index in [9.17, 15) is 4.79 Å². The highest BCUT2D eigenvalue weighted by Crippen LogP contribution is 2.31. The summed E-state index contributed by atoms with van der Waals surface area (Å²) in [6, 6.07) is 13.0. The van der Waals surface area contributed by atoms with E-state index in [1.54, 1.807) is 37.8 Å². The first-order valence-corrected chi connectivity index (χ1v) is 9.96. The number of methoxy groups -OCH3 is 2. The van der Waals surface area contributed by atoms with Gasteiger partial charge in [-0.25, -0.2) is 4.98 Å². The number of rotatable bonds is 6. The molecule has 6 nitrogen and oxygen atoms in total. The maximum absolute atomic E-state index is 13.2. The van der Waals surface area contributed by atoms with Crippen molar-refractivity contribution < 1.29 is 14.3 Å². The second-order valence-corrected chi connectivity index (χ2v) is 7.51. The van der Waals surface area contributed by atoms with Crippen LogP contribution in [-0.4, -0.2) is 29.7 Å². The highest BCUT2D eigenvalue weighted by atomic mass is 32.1. The summed E-state index contributed by atoms with van der Waals surface area (Å²) in [5.41, 5.74) is 1.48. The normalized spacial score (nSPS) is 12.0. The Hall–Kier alpha value is -3.32. The second kappa shape index (κ2) is 7.97. The van der Waals surface area contributed by atoms with Crippen molar-refractivity contribution in [3.8, 4) is 11.5 Å². The standard InChI is InChI=1S/C22H21N3O3S/c1-25-9-8-23-21(25)20(14-10-15(27-2)12-16(11-14)28-3)24-22(26)18-13-29-19-7-5-4-6-17(18)19/h4-13,20H,1-3H3,(H,24,26). The molecule has 4 rings (SSSR count). The molecule has 2 aromatic heterocycles. The van der Waals surface area contributed by atoms with Gasteiger partial charge in [-0.05, 0) is 23.8 Å². The zero-order chi connectivity index (χ0) is 20.4. The van der Waals surface area contributed by atoms with Crippen molar-refractivity contribution in [2.45, 2.75) is 6.04 Å². The molecule has 0 bridgehead atoms. The van der Waals surface area contributed by atoms with Crippen LogP contribution in [0.4, 0.5) is 0 Å². The molecule has 2 aromatic carbocycles. The number of benzene rings is 2. The molecule has 0 radical (unpaired) electrons. The Balaban J connectivity index is 1.76. The fourth-order valence-corrected chi connectivity index (χ4v) is 4.25. The Morgan fingerprint density at radius 1 is 1.14 bits per heavy atom. The number of aromatic nitrogens is 2. The van der Waals surface area contributed by atoms with Crippen LogP contribution in [0.5, 0.6) is 11.5 Å². The van der Waals surface area contributed by atoms with Gasteiger partial charge < -0.3 is 19.4 Å². The summed E-state index contributed by atoms with van der Waals surface area (Å²) >= 11 is 1.56. The molecule has 1 unspecified atom stereocenters. The van der Waals surface area contributed by atoms with Gasteiger partial charge in [-0.2, -0.15) is 0 Å². The van der Waals surface area contributed by atoms with Gasteiger partial charge in [0.05, 0.1) is 19.8 Å². The lowest BCUT2D eigenvalue weighted by molar-refractivity contribution is 0.0943. The van der Waals surface area contributed by atoms with Crippen molar-refractivity contribution in [1.29, 1.82) is 0 Å². The Morgan fingerprint density at radius 3 is 2.52 bits per heavy atom. The molecular weight excluding hydrogens is 386 g/mol. The van der Waals surface area contributed by atoms with E-state index < -0.39 is 6.04 Å². The minimum atomic E-state index is -0.467. The number of thiophene rings is 1. The van der Waals surface area contributed by atoms with Gasteiger partial charge in [-0.3, -0.25) is 4.79 Å². The molecule has 0 aliphatic heterocycles. The van der Waals surface area contributed by atoms with Crippen LogP contribution in [-0.2, 0) is 7.05 Å². The summed E-state index contributed by atoms with van der Waals surface area (Å²) in [4.78, 5) is 17.7. The predicted octanol–water partition coefficient (Wildman–Crippen LogP) is 4.17. The summed E-state index contributed by atoms with van der Waals surface area (Å²) in [7, 11) is 5.10.